The Bertz CT molecular complexity index is 547. The quantitative estimate of drug-likeness (QED) is 0.811. The van der Waals surface area contributed by atoms with Crippen molar-refractivity contribution in [2.45, 2.75) is 38.4 Å². The van der Waals surface area contributed by atoms with E-state index in [0.29, 0.717) is 12.0 Å². The number of hydrogen-bond donors (Lipinski definition) is 2. The average Bonchev–Trinajstić information content (AvgIpc) is 2.40. The van der Waals surface area contributed by atoms with Crippen LogP contribution in [-0.2, 0) is 9.59 Å². The summed E-state index contributed by atoms with van der Waals surface area (Å²) in [5.74, 6) is -1.12. The van der Waals surface area contributed by atoms with Gasteiger partial charge in [-0.05, 0) is 19.4 Å². The number of amides is 2. The minimum absolute atomic E-state index is 0.0325. The number of nitrogens with one attached hydrogen (secondary N) is 1. The Morgan fingerprint density at radius 3 is 2.67 bits per heavy atom. The molecular formula is C15H20FN3O2. The summed E-state index contributed by atoms with van der Waals surface area (Å²) >= 11 is 0. The lowest BCUT2D eigenvalue weighted by atomic mass is 9.95. The van der Waals surface area contributed by atoms with E-state index in [1.807, 2.05) is 6.92 Å². The van der Waals surface area contributed by atoms with Gasteiger partial charge in [-0.25, -0.2) is 4.39 Å². The number of carbonyl (C=O) groups excluding carboxylic acids is 2. The van der Waals surface area contributed by atoms with Crippen LogP contribution in [0.2, 0.25) is 0 Å². The summed E-state index contributed by atoms with van der Waals surface area (Å²) in [5, 5.41) is 2.32. The van der Waals surface area contributed by atoms with Crippen LogP contribution in [-0.4, -0.2) is 35.3 Å². The molecule has 0 aromatic heterocycles. The first-order valence-electron chi connectivity index (χ1n) is 7.05. The molecule has 3 unspecified atom stereocenters. The van der Waals surface area contributed by atoms with Crippen molar-refractivity contribution in [3.8, 4) is 0 Å². The molecule has 6 heteroatoms. The molecule has 1 saturated heterocycles. The highest BCUT2D eigenvalue weighted by Crippen LogP contribution is 2.29. The predicted molar refractivity (Wildman–Crippen MR) is 76.7 cm³/mol. The van der Waals surface area contributed by atoms with E-state index >= 15 is 0 Å². The fraction of sp³-hybridized carbons (Fsp3) is 0.467. The van der Waals surface area contributed by atoms with Crippen molar-refractivity contribution in [1.82, 2.24) is 10.2 Å². The molecule has 1 aliphatic rings. The van der Waals surface area contributed by atoms with Gasteiger partial charge in [-0.3, -0.25) is 19.8 Å². The van der Waals surface area contributed by atoms with E-state index in [-0.39, 0.29) is 24.2 Å². The fourth-order valence-corrected chi connectivity index (χ4v) is 2.88. The van der Waals surface area contributed by atoms with Gasteiger partial charge in [0.2, 0.25) is 11.8 Å². The summed E-state index contributed by atoms with van der Waals surface area (Å²) in [4.78, 5) is 25.4. The maximum Gasteiger partial charge on any atom is 0.243 e. The molecule has 1 aromatic rings. The second-order valence-electron chi connectivity index (χ2n) is 5.33. The summed E-state index contributed by atoms with van der Waals surface area (Å²) in [7, 11) is 0. The molecule has 1 aromatic carbocycles. The Morgan fingerprint density at radius 2 is 2.10 bits per heavy atom. The largest absolute Gasteiger partial charge is 0.326 e. The zero-order valence-corrected chi connectivity index (χ0v) is 12.2. The lowest BCUT2D eigenvalue weighted by molar-refractivity contribution is -0.142. The number of benzene rings is 1. The Labute approximate surface area is 123 Å². The molecule has 0 spiro atoms. The summed E-state index contributed by atoms with van der Waals surface area (Å²) in [5.41, 5.74) is 6.44. The van der Waals surface area contributed by atoms with E-state index in [0.717, 1.165) is 0 Å². The standard InChI is InChI=1S/C15H20FN3O2/c1-3-12-15(21)18-13(20)8-19(12)14(9(2)17)10-6-4-5-7-11(10)16/h4-7,9,12,14H,3,8,17H2,1-2H3,(H,18,20,21). The Balaban J connectivity index is 2.43. The van der Waals surface area contributed by atoms with Crippen molar-refractivity contribution in [3.63, 3.8) is 0 Å². The summed E-state index contributed by atoms with van der Waals surface area (Å²) in [6.45, 7) is 3.64. The monoisotopic (exact) mass is 293 g/mol. The first-order valence-corrected chi connectivity index (χ1v) is 7.05. The lowest BCUT2D eigenvalue weighted by Crippen LogP contribution is -2.60. The van der Waals surface area contributed by atoms with Crippen LogP contribution in [0.1, 0.15) is 31.9 Å². The maximum absolute atomic E-state index is 14.1. The molecular weight excluding hydrogens is 273 g/mol. The molecule has 0 saturated carbocycles. The van der Waals surface area contributed by atoms with E-state index in [9.17, 15) is 14.0 Å². The van der Waals surface area contributed by atoms with Gasteiger partial charge in [0.15, 0.2) is 0 Å². The van der Waals surface area contributed by atoms with Crippen LogP contribution in [0.25, 0.3) is 0 Å². The molecule has 1 fully saturated rings. The topological polar surface area (TPSA) is 75.4 Å². The van der Waals surface area contributed by atoms with Crippen LogP contribution in [0.4, 0.5) is 4.39 Å². The lowest BCUT2D eigenvalue weighted by Gasteiger charge is -2.41. The van der Waals surface area contributed by atoms with Gasteiger partial charge in [-0.2, -0.15) is 0 Å². The number of nitrogens with two attached hydrogens (primary N) is 1. The molecule has 2 rings (SSSR count). The van der Waals surface area contributed by atoms with E-state index < -0.39 is 18.1 Å². The first-order chi connectivity index (χ1) is 9.95. The molecule has 3 N–H and O–H groups in total. The molecule has 1 heterocycles. The zero-order chi connectivity index (χ0) is 15.6. The van der Waals surface area contributed by atoms with Gasteiger partial charge in [-0.1, -0.05) is 25.1 Å². The molecule has 1 aliphatic heterocycles. The predicted octanol–water partition coefficient (Wildman–Crippen LogP) is 0.951. The molecule has 114 valence electrons. The Kier molecular flexibility index (Phi) is 4.69. The van der Waals surface area contributed by atoms with E-state index in [1.165, 1.54) is 6.07 Å². The third kappa shape index (κ3) is 3.11. The number of imide groups is 1. The van der Waals surface area contributed by atoms with Gasteiger partial charge in [0.05, 0.1) is 18.6 Å². The third-order valence-electron chi connectivity index (χ3n) is 3.76. The average molecular weight is 293 g/mol. The normalized spacial score (nSPS) is 22.8. The van der Waals surface area contributed by atoms with Crippen LogP contribution in [0, 0.1) is 5.82 Å². The van der Waals surface area contributed by atoms with Gasteiger partial charge in [0.25, 0.3) is 0 Å². The molecule has 3 atom stereocenters. The van der Waals surface area contributed by atoms with Crippen molar-refractivity contribution in [1.29, 1.82) is 0 Å². The van der Waals surface area contributed by atoms with Crippen molar-refractivity contribution in [2.24, 2.45) is 5.73 Å². The minimum atomic E-state index is -0.522. The number of hydrogen-bond acceptors (Lipinski definition) is 4. The number of piperazine rings is 1. The van der Waals surface area contributed by atoms with Crippen molar-refractivity contribution >= 4 is 11.8 Å². The third-order valence-corrected chi connectivity index (χ3v) is 3.76. The van der Waals surface area contributed by atoms with Crippen LogP contribution in [0.5, 0.6) is 0 Å². The smallest absolute Gasteiger partial charge is 0.243 e. The second-order valence-corrected chi connectivity index (χ2v) is 5.33. The first kappa shape index (κ1) is 15.6. The van der Waals surface area contributed by atoms with E-state index in [4.69, 9.17) is 5.73 Å². The van der Waals surface area contributed by atoms with Gasteiger partial charge in [0.1, 0.15) is 5.82 Å². The number of carbonyl (C=O) groups is 2. The van der Waals surface area contributed by atoms with Gasteiger partial charge >= 0.3 is 0 Å². The van der Waals surface area contributed by atoms with Crippen LogP contribution in [0.15, 0.2) is 24.3 Å². The zero-order valence-electron chi connectivity index (χ0n) is 12.2. The minimum Gasteiger partial charge on any atom is -0.326 e. The highest BCUT2D eigenvalue weighted by molar-refractivity contribution is 6.01. The highest BCUT2D eigenvalue weighted by Gasteiger charge is 2.39. The fourth-order valence-electron chi connectivity index (χ4n) is 2.88. The van der Waals surface area contributed by atoms with Crippen molar-refractivity contribution in [2.75, 3.05) is 6.54 Å². The van der Waals surface area contributed by atoms with Gasteiger partial charge in [-0.15, -0.1) is 0 Å². The molecule has 5 nitrogen and oxygen atoms in total. The molecule has 2 amide bonds. The van der Waals surface area contributed by atoms with Gasteiger partial charge < -0.3 is 5.73 Å². The maximum atomic E-state index is 14.1. The summed E-state index contributed by atoms with van der Waals surface area (Å²) in [6.07, 6.45) is 0.525. The second kappa shape index (κ2) is 6.32. The molecule has 0 bridgehead atoms. The summed E-state index contributed by atoms with van der Waals surface area (Å²) < 4.78 is 14.1. The Hall–Kier alpha value is -1.79. The molecule has 21 heavy (non-hydrogen) atoms. The number of nitrogens with zero attached hydrogens (tertiary/aromatic N) is 1. The highest BCUT2D eigenvalue weighted by atomic mass is 19.1. The Morgan fingerprint density at radius 1 is 1.43 bits per heavy atom. The van der Waals surface area contributed by atoms with Crippen molar-refractivity contribution < 1.29 is 14.0 Å². The molecule has 0 radical (unpaired) electrons. The van der Waals surface area contributed by atoms with Crippen LogP contribution in [0.3, 0.4) is 0 Å². The summed E-state index contributed by atoms with van der Waals surface area (Å²) in [6, 6.07) is 4.90. The number of rotatable bonds is 4. The van der Waals surface area contributed by atoms with E-state index in [1.54, 1.807) is 30.0 Å². The van der Waals surface area contributed by atoms with Crippen molar-refractivity contribution in [3.05, 3.63) is 35.6 Å². The number of halogens is 1. The molecule has 0 aliphatic carbocycles. The van der Waals surface area contributed by atoms with Crippen LogP contribution < -0.4 is 11.1 Å². The van der Waals surface area contributed by atoms with Gasteiger partial charge in [0, 0.05) is 11.6 Å². The SMILES string of the molecule is CCC1C(=O)NC(=O)CN1C(c1ccccc1F)C(C)N. The van der Waals surface area contributed by atoms with E-state index in [2.05, 4.69) is 5.32 Å². The van der Waals surface area contributed by atoms with Crippen LogP contribution >= 0.6 is 0 Å².